The molecule has 0 atom stereocenters. The number of carbonyl (C=O) groups is 1. The molecular formula is C18H14N4O3S2. The summed E-state index contributed by atoms with van der Waals surface area (Å²) in [7, 11) is 0. The number of nitrogens with one attached hydrogen (secondary N) is 1. The Morgan fingerprint density at radius 3 is 2.93 bits per heavy atom. The average Bonchev–Trinajstić information content (AvgIpc) is 3.37. The van der Waals surface area contributed by atoms with Gasteiger partial charge in [0.1, 0.15) is 5.00 Å². The van der Waals surface area contributed by atoms with Crippen LogP contribution >= 0.6 is 22.7 Å². The number of benzene rings is 1. The number of aryl methyl sites for hydroxylation is 1. The molecule has 5 rings (SSSR count). The van der Waals surface area contributed by atoms with Crippen molar-refractivity contribution < 1.29 is 14.1 Å². The van der Waals surface area contributed by atoms with Crippen LogP contribution in [0.1, 0.15) is 26.1 Å². The van der Waals surface area contributed by atoms with E-state index in [0.717, 1.165) is 32.6 Å². The molecule has 0 unspecified atom stereocenters. The predicted octanol–water partition coefficient (Wildman–Crippen LogP) is 4.04. The normalized spacial score (nSPS) is 13.7. The van der Waals surface area contributed by atoms with Gasteiger partial charge in [0.05, 0.1) is 29.0 Å². The molecule has 1 aromatic carbocycles. The third kappa shape index (κ3) is 2.93. The lowest BCUT2D eigenvalue weighted by atomic mass is 10.1. The number of rotatable bonds is 3. The van der Waals surface area contributed by atoms with Crippen molar-refractivity contribution in [3.05, 3.63) is 45.5 Å². The maximum Gasteiger partial charge on any atom is 0.285 e. The summed E-state index contributed by atoms with van der Waals surface area (Å²) >= 11 is 2.86. The molecule has 0 spiro atoms. The van der Waals surface area contributed by atoms with Gasteiger partial charge in [-0.1, -0.05) is 17.3 Å². The van der Waals surface area contributed by atoms with Gasteiger partial charge in [-0.3, -0.25) is 4.79 Å². The highest BCUT2D eigenvalue weighted by Gasteiger charge is 2.27. The van der Waals surface area contributed by atoms with E-state index in [2.05, 4.69) is 20.4 Å². The Morgan fingerprint density at radius 1 is 1.22 bits per heavy atom. The van der Waals surface area contributed by atoms with Gasteiger partial charge in [0.2, 0.25) is 0 Å². The van der Waals surface area contributed by atoms with Gasteiger partial charge in [-0.2, -0.15) is 4.98 Å². The van der Waals surface area contributed by atoms with E-state index in [0.29, 0.717) is 34.9 Å². The number of anilines is 1. The molecule has 0 bridgehead atoms. The van der Waals surface area contributed by atoms with Crippen molar-refractivity contribution in [2.75, 3.05) is 11.9 Å². The summed E-state index contributed by atoms with van der Waals surface area (Å²) in [6.07, 6.45) is 0.750. The number of hydrogen-bond donors (Lipinski definition) is 1. The second-order valence-electron chi connectivity index (χ2n) is 6.10. The molecule has 0 radical (unpaired) electrons. The highest BCUT2D eigenvalue weighted by Crippen LogP contribution is 2.42. The van der Waals surface area contributed by atoms with Gasteiger partial charge in [0.15, 0.2) is 10.8 Å². The number of thiophene rings is 1. The Kier molecular flexibility index (Phi) is 4.00. The first kappa shape index (κ1) is 16.5. The molecule has 1 aliphatic rings. The van der Waals surface area contributed by atoms with Crippen molar-refractivity contribution in [2.24, 2.45) is 0 Å². The highest BCUT2D eigenvalue weighted by molar-refractivity contribution is 7.20. The highest BCUT2D eigenvalue weighted by atomic mass is 32.1. The summed E-state index contributed by atoms with van der Waals surface area (Å²) in [5.41, 5.74) is 2.72. The molecular weight excluding hydrogens is 384 g/mol. The molecule has 1 aliphatic heterocycles. The minimum absolute atomic E-state index is 0.242. The third-order valence-corrected chi connectivity index (χ3v) is 6.43. The van der Waals surface area contributed by atoms with Gasteiger partial charge in [0.25, 0.3) is 11.8 Å². The molecule has 0 saturated heterocycles. The Balaban J connectivity index is 1.54. The summed E-state index contributed by atoms with van der Waals surface area (Å²) in [6, 6.07) is 7.70. The molecule has 4 aromatic rings. The van der Waals surface area contributed by atoms with Crippen LogP contribution in [-0.4, -0.2) is 27.6 Å². The van der Waals surface area contributed by atoms with Crippen LogP contribution in [0.15, 0.2) is 28.8 Å². The van der Waals surface area contributed by atoms with E-state index < -0.39 is 0 Å². The molecule has 1 N–H and O–H groups in total. The summed E-state index contributed by atoms with van der Waals surface area (Å²) < 4.78 is 11.9. The van der Waals surface area contributed by atoms with Gasteiger partial charge < -0.3 is 14.6 Å². The van der Waals surface area contributed by atoms with Gasteiger partial charge in [0, 0.05) is 4.88 Å². The molecule has 4 heterocycles. The fourth-order valence-electron chi connectivity index (χ4n) is 3.07. The van der Waals surface area contributed by atoms with Crippen molar-refractivity contribution in [1.29, 1.82) is 0 Å². The van der Waals surface area contributed by atoms with Crippen molar-refractivity contribution >= 4 is 43.8 Å². The minimum Gasteiger partial charge on any atom is -0.376 e. The summed E-state index contributed by atoms with van der Waals surface area (Å²) in [6.45, 7) is 2.93. The van der Waals surface area contributed by atoms with Crippen molar-refractivity contribution in [1.82, 2.24) is 15.1 Å². The first-order chi connectivity index (χ1) is 13.2. The fourth-order valence-corrected chi connectivity index (χ4v) is 5.10. The van der Waals surface area contributed by atoms with Crippen molar-refractivity contribution in [3.63, 3.8) is 0 Å². The summed E-state index contributed by atoms with van der Waals surface area (Å²) in [4.78, 5) is 22.7. The standard InChI is InChI=1S/C18H14N4O3S2/c1-9-19-16(25-22-9)14-10-6-7-24-8-13(10)27-17(14)21-15(23)18-20-11-4-2-3-5-12(11)26-18/h2-5H,6-8H2,1H3,(H,21,23). The van der Waals surface area contributed by atoms with Crippen LogP contribution in [0, 0.1) is 6.92 Å². The third-order valence-electron chi connectivity index (χ3n) is 4.28. The number of fused-ring (bicyclic) bond motifs is 2. The van der Waals surface area contributed by atoms with Crippen LogP contribution < -0.4 is 5.32 Å². The monoisotopic (exact) mass is 398 g/mol. The SMILES string of the molecule is Cc1noc(-c2c(NC(=O)c3nc4ccccc4s3)sc3c2CCOC3)n1. The number of para-hydroxylation sites is 1. The smallest absolute Gasteiger partial charge is 0.285 e. The number of nitrogens with zero attached hydrogens (tertiary/aromatic N) is 3. The Hall–Kier alpha value is -2.62. The zero-order valence-electron chi connectivity index (χ0n) is 14.3. The molecule has 0 saturated carbocycles. The quantitative estimate of drug-likeness (QED) is 0.560. The minimum atomic E-state index is -0.242. The second-order valence-corrected chi connectivity index (χ2v) is 8.23. The van der Waals surface area contributed by atoms with E-state index in [1.807, 2.05) is 24.3 Å². The zero-order chi connectivity index (χ0) is 18.4. The first-order valence-corrected chi connectivity index (χ1v) is 10.0. The van der Waals surface area contributed by atoms with Gasteiger partial charge in [-0.05, 0) is 31.0 Å². The zero-order valence-corrected chi connectivity index (χ0v) is 15.9. The number of carbonyl (C=O) groups excluding carboxylic acids is 1. The summed E-state index contributed by atoms with van der Waals surface area (Å²) in [5.74, 6) is 0.736. The second kappa shape index (κ2) is 6.52. The van der Waals surface area contributed by atoms with E-state index in [4.69, 9.17) is 9.26 Å². The molecule has 9 heteroatoms. The van der Waals surface area contributed by atoms with Crippen LogP contribution in [0.4, 0.5) is 5.00 Å². The molecule has 27 heavy (non-hydrogen) atoms. The molecule has 0 aliphatic carbocycles. The number of thiazole rings is 1. The predicted molar refractivity (Wildman–Crippen MR) is 103 cm³/mol. The van der Waals surface area contributed by atoms with E-state index in [9.17, 15) is 4.79 Å². The maximum absolute atomic E-state index is 12.8. The average molecular weight is 398 g/mol. The lowest BCUT2D eigenvalue weighted by Crippen LogP contribution is -2.11. The lowest BCUT2D eigenvalue weighted by molar-refractivity contribution is 0.102. The largest absolute Gasteiger partial charge is 0.376 e. The number of hydrogen-bond acceptors (Lipinski definition) is 8. The van der Waals surface area contributed by atoms with Gasteiger partial charge >= 0.3 is 0 Å². The van der Waals surface area contributed by atoms with E-state index in [1.165, 1.54) is 22.7 Å². The number of ether oxygens (including phenoxy) is 1. The Labute approximate surface area is 162 Å². The topological polar surface area (TPSA) is 90.1 Å². The summed E-state index contributed by atoms with van der Waals surface area (Å²) in [5, 5.41) is 8.01. The molecule has 7 nitrogen and oxygen atoms in total. The number of amides is 1. The fraction of sp³-hybridized carbons (Fsp3) is 0.222. The van der Waals surface area contributed by atoms with Crippen LogP contribution in [-0.2, 0) is 17.8 Å². The van der Waals surface area contributed by atoms with Gasteiger partial charge in [-0.15, -0.1) is 22.7 Å². The molecule has 136 valence electrons. The molecule has 1 amide bonds. The molecule has 0 fully saturated rings. The van der Waals surface area contributed by atoms with E-state index >= 15 is 0 Å². The van der Waals surface area contributed by atoms with Crippen molar-refractivity contribution in [3.8, 4) is 11.5 Å². The van der Waals surface area contributed by atoms with Crippen LogP contribution in [0.5, 0.6) is 0 Å². The van der Waals surface area contributed by atoms with Gasteiger partial charge in [-0.25, -0.2) is 4.98 Å². The van der Waals surface area contributed by atoms with Crippen molar-refractivity contribution in [2.45, 2.75) is 20.0 Å². The first-order valence-electron chi connectivity index (χ1n) is 8.39. The van der Waals surface area contributed by atoms with Crippen LogP contribution in [0.25, 0.3) is 21.7 Å². The number of aromatic nitrogens is 3. The van der Waals surface area contributed by atoms with Crippen LogP contribution in [0.3, 0.4) is 0 Å². The van der Waals surface area contributed by atoms with E-state index in [1.54, 1.807) is 6.92 Å². The Morgan fingerprint density at radius 2 is 2.11 bits per heavy atom. The van der Waals surface area contributed by atoms with E-state index in [-0.39, 0.29) is 5.91 Å². The Bertz CT molecular complexity index is 1130. The lowest BCUT2D eigenvalue weighted by Gasteiger charge is -2.12. The van der Waals surface area contributed by atoms with Crippen LogP contribution in [0.2, 0.25) is 0 Å². The molecule has 3 aromatic heterocycles. The maximum atomic E-state index is 12.8.